The van der Waals surface area contributed by atoms with E-state index in [1.54, 1.807) is 18.3 Å². The molecular weight excluding hydrogens is 464 g/mol. The number of amides is 3. The number of carbonyl (C=O) groups is 3. The van der Waals surface area contributed by atoms with E-state index in [1.165, 1.54) is 0 Å². The van der Waals surface area contributed by atoms with Crippen molar-refractivity contribution in [3.63, 3.8) is 0 Å². The number of aromatic nitrogens is 1. The normalized spacial score (nSPS) is 12.6. The van der Waals surface area contributed by atoms with Crippen molar-refractivity contribution in [2.24, 2.45) is 11.7 Å². The molecule has 0 unspecified atom stereocenters. The zero-order valence-electron chi connectivity index (χ0n) is 17.5. The van der Waals surface area contributed by atoms with Crippen LogP contribution in [0.3, 0.4) is 0 Å². The molecule has 0 aliphatic rings. The summed E-state index contributed by atoms with van der Waals surface area (Å²) in [6.07, 6.45) is 1.43. The molecule has 8 nitrogen and oxygen atoms in total. The standard InChI is InChI=1S/C22H27BrN4O4/c1-14(2)11-18(27-22(30)31-13-15-7-4-3-5-8-15)21(29)26-17(20(24)28)12-16-9-6-10-25-19(16)23/h3-10,14,17-18H,11-13H2,1-2H3,(H2,24,28)(H,26,29)(H,27,30)/t17-,18-/m0/s1. The van der Waals surface area contributed by atoms with E-state index in [9.17, 15) is 14.4 Å². The topological polar surface area (TPSA) is 123 Å². The largest absolute Gasteiger partial charge is 0.445 e. The third-order valence-electron chi connectivity index (χ3n) is 4.45. The van der Waals surface area contributed by atoms with Gasteiger partial charge in [-0.15, -0.1) is 0 Å². The Labute approximate surface area is 190 Å². The van der Waals surface area contributed by atoms with Crippen LogP contribution in [-0.2, 0) is 27.4 Å². The zero-order chi connectivity index (χ0) is 22.8. The van der Waals surface area contributed by atoms with Crippen LogP contribution in [-0.4, -0.2) is 35.0 Å². The average molecular weight is 491 g/mol. The Hall–Kier alpha value is -2.94. The van der Waals surface area contributed by atoms with E-state index in [0.29, 0.717) is 11.0 Å². The lowest BCUT2D eigenvalue weighted by atomic mass is 10.0. The zero-order valence-corrected chi connectivity index (χ0v) is 19.1. The van der Waals surface area contributed by atoms with E-state index >= 15 is 0 Å². The Bertz CT molecular complexity index is 892. The van der Waals surface area contributed by atoms with Crippen molar-refractivity contribution in [1.29, 1.82) is 0 Å². The van der Waals surface area contributed by atoms with Gasteiger partial charge in [0.15, 0.2) is 0 Å². The molecule has 0 saturated heterocycles. The molecule has 166 valence electrons. The highest BCUT2D eigenvalue weighted by Crippen LogP contribution is 2.15. The third-order valence-corrected chi connectivity index (χ3v) is 5.16. The molecule has 1 heterocycles. The van der Waals surface area contributed by atoms with E-state index in [1.807, 2.05) is 44.2 Å². The van der Waals surface area contributed by atoms with Crippen molar-refractivity contribution in [1.82, 2.24) is 15.6 Å². The Morgan fingerprint density at radius 3 is 2.39 bits per heavy atom. The number of pyridine rings is 1. The molecule has 0 saturated carbocycles. The number of carbonyl (C=O) groups excluding carboxylic acids is 3. The molecule has 0 bridgehead atoms. The van der Waals surface area contributed by atoms with Gasteiger partial charge in [0.2, 0.25) is 11.8 Å². The van der Waals surface area contributed by atoms with Crippen LogP contribution in [0, 0.1) is 5.92 Å². The summed E-state index contributed by atoms with van der Waals surface area (Å²) >= 11 is 3.32. The highest BCUT2D eigenvalue weighted by atomic mass is 79.9. The molecule has 31 heavy (non-hydrogen) atoms. The van der Waals surface area contributed by atoms with E-state index < -0.39 is 30.0 Å². The molecular formula is C22H27BrN4O4. The smallest absolute Gasteiger partial charge is 0.408 e. The maximum Gasteiger partial charge on any atom is 0.408 e. The van der Waals surface area contributed by atoms with Crippen LogP contribution in [0.15, 0.2) is 53.3 Å². The third kappa shape index (κ3) is 8.37. The van der Waals surface area contributed by atoms with E-state index in [4.69, 9.17) is 10.5 Å². The molecule has 4 N–H and O–H groups in total. The van der Waals surface area contributed by atoms with Crippen molar-refractivity contribution in [3.05, 3.63) is 64.4 Å². The van der Waals surface area contributed by atoms with Gasteiger partial charge in [-0.25, -0.2) is 9.78 Å². The first-order valence-corrected chi connectivity index (χ1v) is 10.7. The summed E-state index contributed by atoms with van der Waals surface area (Å²) < 4.78 is 5.78. The monoisotopic (exact) mass is 490 g/mol. The summed E-state index contributed by atoms with van der Waals surface area (Å²) in [7, 11) is 0. The van der Waals surface area contributed by atoms with E-state index in [0.717, 1.165) is 11.1 Å². The van der Waals surface area contributed by atoms with E-state index in [2.05, 4.69) is 31.5 Å². The molecule has 2 rings (SSSR count). The van der Waals surface area contributed by atoms with Crippen molar-refractivity contribution in [2.75, 3.05) is 0 Å². The molecule has 0 spiro atoms. The van der Waals surface area contributed by atoms with Crippen molar-refractivity contribution in [2.45, 2.75) is 45.4 Å². The first kappa shape index (κ1) is 24.3. The van der Waals surface area contributed by atoms with E-state index in [-0.39, 0.29) is 18.9 Å². The molecule has 0 radical (unpaired) electrons. The molecule has 3 amide bonds. The Morgan fingerprint density at radius 1 is 1.06 bits per heavy atom. The van der Waals surface area contributed by atoms with Gasteiger partial charge in [-0.05, 0) is 45.5 Å². The molecule has 1 aromatic carbocycles. The summed E-state index contributed by atoms with van der Waals surface area (Å²) in [6.45, 7) is 3.94. The minimum absolute atomic E-state index is 0.0850. The summed E-state index contributed by atoms with van der Waals surface area (Å²) in [5, 5.41) is 5.24. The first-order valence-electron chi connectivity index (χ1n) is 9.92. The number of rotatable bonds is 10. The number of nitrogens with zero attached hydrogens (tertiary/aromatic N) is 1. The highest BCUT2D eigenvalue weighted by Gasteiger charge is 2.27. The Morgan fingerprint density at radius 2 is 1.77 bits per heavy atom. The van der Waals surface area contributed by atoms with Crippen LogP contribution in [0.25, 0.3) is 0 Å². The number of ether oxygens (including phenoxy) is 1. The van der Waals surface area contributed by atoms with Crippen LogP contribution in [0.2, 0.25) is 0 Å². The molecule has 0 fully saturated rings. The summed E-state index contributed by atoms with van der Waals surface area (Å²) in [4.78, 5) is 41.2. The number of primary amides is 1. The van der Waals surface area contributed by atoms with Gasteiger partial charge in [0, 0.05) is 12.6 Å². The maximum atomic E-state index is 12.9. The molecule has 9 heteroatoms. The van der Waals surface area contributed by atoms with Gasteiger partial charge < -0.3 is 21.1 Å². The Balaban J connectivity index is 2.01. The summed E-state index contributed by atoms with van der Waals surface area (Å²) in [5.41, 5.74) is 7.05. The second-order valence-electron chi connectivity index (χ2n) is 7.51. The summed E-state index contributed by atoms with van der Waals surface area (Å²) in [5.74, 6) is -1.07. The van der Waals surface area contributed by atoms with Crippen LogP contribution < -0.4 is 16.4 Å². The lowest BCUT2D eigenvalue weighted by molar-refractivity contribution is -0.128. The van der Waals surface area contributed by atoms with Gasteiger partial charge in [0.05, 0.1) is 0 Å². The fourth-order valence-electron chi connectivity index (χ4n) is 2.90. The van der Waals surface area contributed by atoms with Crippen LogP contribution in [0.4, 0.5) is 4.79 Å². The van der Waals surface area contributed by atoms with Gasteiger partial charge in [0.25, 0.3) is 0 Å². The number of halogens is 1. The first-order chi connectivity index (χ1) is 14.8. The SMILES string of the molecule is CC(C)C[C@H](NC(=O)OCc1ccccc1)C(=O)N[C@@H](Cc1cccnc1Br)C(N)=O. The van der Waals surface area contributed by atoms with Gasteiger partial charge >= 0.3 is 6.09 Å². The lowest BCUT2D eigenvalue weighted by Crippen LogP contribution is -2.54. The fraction of sp³-hybridized carbons (Fsp3) is 0.364. The fourth-order valence-corrected chi connectivity index (χ4v) is 3.31. The van der Waals surface area contributed by atoms with Crippen LogP contribution in [0.1, 0.15) is 31.4 Å². The van der Waals surface area contributed by atoms with Crippen LogP contribution in [0.5, 0.6) is 0 Å². The van der Waals surface area contributed by atoms with Gasteiger partial charge in [-0.3, -0.25) is 9.59 Å². The van der Waals surface area contributed by atoms with Gasteiger partial charge in [0.1, 0.15) is 23.3 Å². The lowest BCUT2D eigenvalue weighted by Gasteiger charge is -2.23. The minimum atomic E-state index is -0.954. The quantitative estimate of drug-likeness (QED) is 0.441. The molecule has 2 aromatic rings. The van der Waals surface area contributed by atoms with Crippen molar-refractivity contribution < 1.29 is 19.1 Å². The van der Waals surface area contributed by atoms with Gasteiger partial charge in [-0.1, -0.05) is 50.2 Å². The number of alkyl carbamates (subject to hydrolysis) is 1. The Kier molecular flexibility index (Phi) is 9.45. The van der Waals surface area contributed by atoms with Crippen molar-refractivity contribution >= 4 is 33.8 Å². The number of hydrogen-bond donors (Lipinski definition) is 3. The maximum absolute atomic E-state index is 12.9. The highest BCUT2D eigenvalue weighted by molar-refractivity contribution is 9.10. The second kappa shape index (κ2) is 12.0. The predicted molar refractivity (Wildman–Crippen MR) is 120 cm³/mol. The number of hydrogen-bond acceptors (Lipinski definition) is 5. The molecule has 0 aliphatic heterocycles. The summed E-state index contributed by atoms with van der Waals surface area (Å²) in [6, 6.07) is 10.9. The van der Waals surface area contributed by atoms with Crippen LogP contribution >= 0.6 is 15.9 Å². The molecule has 1 aromatic heterocycles. The molecule has 0 aliphatic carbocycles. The van der Waals surface area contributed by atoms with Gasteiger partial charge in [-0.2, -0.15) is 0 Å². The number of nitrogens with one attached hydrogen (secondary N) is 2. The number of nitrogens with two attached hydrogens (primary N) is 1. The number of benzene rings is 1. The average Bonchev–Trinajstić information content (AvgIpc) is 2.73. The minimum Gasteiger partial charge on any atom is -0.445 e. The predicted octanol–water partition coefficient (Wildman–Crippen LogP) is 2.70. The second-order valence-corrected chi connectivity index (χ2v) is 8.26. The molecule has 2 atom stereocenters. The van der Waals surface area contributed by atoms with Crippen molar-refractivity contribution in [3.8, 4) is 0 Å².